The second-order valence-corrected chi connectivity index (χ2v) is 9.25. The van der Waals surface area contributed by atoms with Gasteiger partial charge in [0.05, 0.1) is 6.04 Å². The van der Waals surface area contributed by atoms with Gasteiger partial charge in [-0.2, -0.15) is 0 Å². The number of nitrogens with one attached hydrogen (secondary N) is 2. The summed E-state index contributed by atoms with van der Waals surface area (Å²) >= 11 is 0. The van der Waals surface area contributed by atoms with Gasteiger partial charge in [-0.25, -0.2) is 0 Å². The lowest BCUT2D eigenvalue weighted by atomic mass is 9.94. The highest BCUT2D eigenvalue weighted by Gasteiger charge is 2.32. The molecule has 7 heteroatoms. The maximum atomic E-state index is 13.0. The van der Waals surface area contributed by atoms with Crippen molar-refractivity contribution in [2.45, 2.75) is 38.6 Å². The van der Waals surface area contributed by atoms with Crippen LogP contribution in [0.15, 0.2) is 60.7 Å². The molecule has 1 heterocycles. The van der Waals surface area contributed by atoms with Crippen LogP contribution in [0, 0.1) is 5.92 Å². The Labute approximate surface area is 203 Å². The summed E-state index contributed by atoms with van der Waals surface area (Å²) in [6, 6.07) is 18.1. The van der Waals surface area contributed by atoms with E-state index in [0.717, 1.165) is 29.5 Å². The molecule has 0 aromatic heterocycles. The van der Waals surface area contributed by atoms with Crippen LogP contribution in [0.4, 0.5) is 5.69 Å². The van der Waals surface area contributed by atoms with E-state index in [4.69, 9.17) is 0 Å². The molecule has 0 saturated heterocycles. The molecule has 1 atom stereocenters. The number of hydrogen-bond donors (Lipinski definition) is 2. The molecule has 2 N–H and O–H groups in total. The SMILES string of the molecule is CC(NC(=O)CCCN1C(=O)c2cccc3cccc(c23)C1=O)c1ccc(NC(=O)C2CC2)cc1. The summed E-state index contributed by atoms with van der Waals surface area (Å²) < 4.78 is 0. The van der Waals surface area contributed by atoms with Gasteiger partial charge in [0.25, 0.3) is 11.8 Å². The van der Waals surface area contributed by atoms with Crippen LogP contribution in [0.2, 0.25) is 0 Å². The highest BCUT2D eigenvalue weighted by atomic mass is 16.2. The van der Waals surface area contributed by atoms with E-state index in [-0.39, 0.29) is 48.6 Å². The maximum absolute atomic E-state index is 13.0. The smallest absolute Gasteiger partial charge is 0.261 e. The van der Waals surface area contributed by atoms with Gasteiger partial charge in [0.2, 0.25) is 11.8 Å². The molecule has 2 aliphatic rings. The first-order valence-corrected chi connectivity index (χ1v) is 12.0. The van der Waals surface area contributed by atoms with E-state index in [9.17, 15) is 19.2 Å². The van der Waals surface area contributed by atoms with Gasteiger partial charge in [-0.3, -0.25) is 24.1 Å². The zero-order valence-corrected chi connectivity index (χ0v) is 19.5. The van der Waals surface area contributed by atoms with E-state index in [1.807, 2.05) is 55.5 Å². The minimum atomic E-state index is -0.318. The highest BCUT2D eigenvalue weighted by Crippen LogP contribution is 2.31. The minimum Gasteiger partial charge on any atom is -0.350 e. The molecule has 0 spiro atoms. The number of carbonyl (C=O) groups is 4. The fraction of sp³-hybridized carbons (Fsp3) is 0.286. The quantitative estimate of drug-likeness (QED) is 0.477. The van der Waals surface area contributed by atoms with Gasteiger partial charge in [-0.05, 0) is 61.4 Å². The second kappa shape index (κ2) is 9.33. The van der Waals surface area contributed by atoms with Crippen LogP contribution in [-0.4, -0.2) is 35.1 Å². The van der Waals surface area contributed by atoms with Crippen molar-refractivity contribution < 1.29 is 19.2 Å². The van der Waals surface area contributed by atoms with Crippen molar-refractivity contribution in [3.8, 4) is 0 Å². The first kappa shape index (κ1) is 22.8. The van der Waals surface area contributed by atoms with Crippen LogP contribution >= 0.6 is 0 Å². The van der Waals surface area contributed by atoms with Crippen molar-refractivity contribution >= 4 is 40.1 Å². The normalized spacial score (nSPS) is 15.7. The molecule has 7 nitrogen and oxygen atoms in total. The fourth-order valence-corrected chi connectivity index (χ4v) is 4.52. The molecule has 35 heavy (non-hydrogen) atoms. The lowest BCUT2D eigenvalue weighted by Gasteiger charge is -2.27. The Kier molecular flexibility index (Phi) is 6.07. The molecule has 3 aromatic carbocycles. The molecule has 0 radical (unpaired) electrons. The molecule has 5 rings (SSSR count). The Morgan fingerprint density at radius 2 is 1.57 bits per heavy atom. The number of hydrogen-bond acceptors (Lipinski definition) is 4. The third-order valence-corrected chi connectivity index (χ3v) is 6.65. The predicted octanol–water partition coefficient (Wildman–Crippen LogP) is 4.44. The Hall–Kier alpha value is -4.00. The zero-order chi connectivity index (χ0) is 24.5. The van der Waals surface area contributed by atoms with Crippen LogP contribution in [0.3, 0.4) is 0 Å². The van der Waals surface area contributed by atoms with Crippen molar-refractivity contribution in [2.75, 3.05) is 11.9 Å². The van der Waals surface area contributed by atoms with Crippen molar-refractivity contribution in [1.29, 1.82) is 0 Å². The van der Waals surface area contributed by atoms with Crippen LogP contribution in [0.25, 0.3) is 10.8 Å². The van der Waals surface area contributed by atoms with Crippen molar-refractivity contribution in [1.82, 2.24) is 10.2 Å². The van der Waals surface area contributed by atoms with E-state index in [1.165, 1.54) is 4.90 Å². The summed E-state index contributed by atoms with van der Waals surface area (Å²) in [6.07, 6.45) is 2.48. The Morgan fingerprint density at radius 1 is 0.943 bits per heavy atom. The molecule has 4 amide bonds. The Balaban J connectivity index is 1.14. The summed E-state index contributed by atoms with van der Waals surface area (Å²) in [5.74, 6) is -0.580. The highest BCUT2D eigenvalue weighted by molar-refractivity contribution is 6.25. The molecule has 1 aliphatic heterocycles. The number of anilines is 1. The van der Waals surface area contributed by atoms with Crippen LogP contribution < -0.4 is 10.6 Å². The largest absolute Gasteiger partial charge is 0.350 e. The third-order valence-electron chi connectivity index (χ3n) is 6.65. The van der Waals surface area contributed by atoms with Crippen LogP contribution in [0.1, 0.15) is 64.9 Å². The first-order valence-electron chi connectivity index (χ1n) is 12.0. The number of benzene rings is 3. The van der Waals surface area contributed by atoms with Gasteiger partial charge in [-0.15, -0.1) is 0 Å². The Morgan fingerprint density at radius 3 is 2.17 bits per heavy atom. The molecule has 1 unspecified atom stereocenters. The summed E-state index contributed by atoms with van der Waals surface area (Å²) in [6.45, 7) is 2.07. The Bertz CT molecular complexity index is 1280. The number of carbonyl (C=O) groups excluding carboxylic acids is 4. The van der Waals surface area contributed by atoms with Crippen molar-refractivity contribution in [2.24, 2.45) is 5.92 Å². The number of amides is 4. The average Bonchev–Trinajstić information content (AvgIpc) is 3.71. The zero-order valence-electron chi connectivity index (χ0n) is 19.5. The second-order valence-electron chi connectivity index (χ2n) is 9.25. The van der Waals surface area contributed by atoms with Gasteiger partial charge in [0.1, 0.15) is 0 Å². The summed E-state index contributed by atoms with van der Waals surface area (Å²) in [7, 11) is 0. The topological polar surface area (TPSA) is 95.6 Å². The van der Waals surface area contributed by atoms with Crippen LogP contribution in [-0.2, 0) is 9.59 Å². The molecular weight excluding hydrogens is 442 g/mol. The number of nitrogens with zero attached hydrogens (tertiary/aromatic N) is 1. The standard InChI is InChI=1S/C28H27N3O4/c1-17(18-12-14-21(15-13-18)30-26(33)20-10-11-20)29-24(32)9-4-16-31-27(34)22-7-2-5-19-6-3-8-23(25(19)22)28(31)35/h2-3,5-8,12-15,17,20H,4,9-11,16H2,1H3,(H,29,32)(H,30,33). The lowest BCUT2D eigenvalue weighted by molar-refractivity contribution is -0.122. The monoisotopic (exact) mass is 469 g/mol. The first-order chi connectivity index (χ1) is 16.9. The minimum absolute atomic E-state index is 0.0601. The summed E-state index contributed by atoms with van der Waals surface area (Å²) in [5, 5.41) is 7.43. The van der Waals surface area contributed by atoms with Crippen LogP contribution in [0.5, 0.6) is 0 Å². The van der Waals surface area contributed by atoms with Crippen molar-refractivity contribution in [3.63, 3.8) is 0 Å². The van der Waals surface area contributed by atoms with E-state index in [1.54, 1.807) is 12.1 Å². The maximum Gasteiger partial charge on any atom is 0.261 e. The van der Waals surface area contributed by atoms with E-state index < -0.39 is 0 Å². The molecule has 1 saturated carbocycles. The molecule has 3 aromatic rings. The predicted molar refractivity (Wildman–Crippen MR) is 133 cm³/mol. The van der Waals surface area contributed by atoms with Gasteiger partial charge < -0.3 is 10.6 Å². The molecule has 1 aliphatic carbocycles. The molecular formula is C28H27N3O4. The van der Waals surface area contributed by atoms with Gasteiger partial charge >= 0.3 is 0 Å². The van der Waals surface area contributed by atoms with E-state index in [0.29, 0.717) is 22.9 Å². The number of imide groups is 1. The van der Waals surface area contributed by atoms with E-state index >= 15 is 0 Å². The van der Waals surface area contributed by atoms with Gasteiger partial charge in [-0.1, -0.05) is 36.4 Å². The fourth-order valence-electron chi connectivity index (χ4n) is 4.52. The van der Waals surface area contributed by atoms with Gasteiger partial charge in [0.15, 0.2) is 0 Å². The summed E-state index contributed by atoms with van der Waals surface area (Å²) in [5.41, 5.74) is 2.71. The average molecular weight is 470 g/mol. The number of rotatable bonds is 8. The molecule has 0 bridgehead atoms. The summed E-state index contributed by atoms with van der Waals surface area (Å²) in [4.78, 5) is 51.6. The van der Waals surface area contributed by atoms with E-state index in [2.05, 4.69) is 10.6 Å². The van der Waals surface area contributed by atoms with Gasteiger partial charge in [0, 0.05) is 41.1 Å². The lowest BCUT2D eigenvalue weighted by Crippen LogP contribution is -2.41. The molecule has 1 fully saturated rings. The van der Waals surface area contributed by atoms with Crippen molar-refractivity contribution in [3.05, 3.63) is 77.4 Å². The third kappa shape index (κ3) is 4.67. The molecule has 178 valence electrons.